The van der Waals surface area contributed by atoms with E-state index in [-0.39, 0.29) is 17.4 Å². The molecule has 58 heavy (non-hydrogen) atoms. The second-order valence-electron chi connectivity index (χ2n) is 16.7. The average Bonchev–Trinajstić information content (AvgIpc) is 3.81. The summed E-state index contributed by atoms with van der Waals surface area (Å²) in [6.45, 7) is 4.65. The number of allylic oxidation sites excluding steroid dienone is 8. The summed E-state index contributed by atoms with van der Waals surface area (Å²) in [5.74, 6) is 1.52. The van der Waals surface area contributed by atoms with E-state index in [0.29, 0.717) is 5.92 Å². The van der Waals surface area contributed by atoms with Crippen molar-refractivity contribution in [3.8, 4) is 39.3 Å². The van der Waals surface area contributed by atoms with E-state index in [1.807, 2.05) is 0 Å². The Kier molecular flexibility index (Phi) is 8.28. The van der Waals surface area contributed by atoms with Gasteiger partial charge in [-0.2, -0.15) is 0 Å². The smallest absolute Gasteiger partial charge is 0.139 e. The number of para-hydroxylation sites is 1. The van der Waals surface area contributed by atoms with Gasteiger partial charge in [-0.05, 0) is 96.8 Å². The summed E-state index contributed by atoms with van der Waals surface area (Å²) in [4.78, 5) is 13.4. The third kappa shape index (κ3) is 5.73. The molecule has 0 saturated heterocycles. The summed E-state index contributed by atoms with van der Waals surface area (Å²) in [7, 11) is 0. The molecule has 4 atom stereocenters. The van der Waals surface area contributed by atoms with E-state index < -0.39 is 0 Å². The van der Waals surface area contributed by atoms with Crippen molar-refractivity contribution < 1.29 is 0 Å². The predicted octanol–water partition coefficient (Wildman–Crippen LogP) is 13.3. The molecule has 4 heteroatoms. The van der Waals surface area contributed by atoms with Gasteiger partial charge < -0.3 is 9.47 Å². The number of fused-ring (bicyclic) bond motifs is 6. The van der Waals surface area contributed by atoms with Crippen LogP contribution in [0.15, 0.2) is 164 Å². The van der Waals surface area contributed by atoms with E-state index in [2.05, 4.69) is 199 Å². The Hall–Kier alpha value is -6.52. The van der Waals surface area contributed by atoms with Crippen LogP contribution in [0.2, 0.25) is 0 Å². The van der Waals surface area contributed by atoms with E-state index in [4.69, 9.17) is 9.97 Å². The van der Waals surface area contributed by atoms with Crippen LogP contribution in [0.1, 0.15) is 78.8 Å². The Bertz CT molecular complexity index is 2770. The molecule has 0 saturated carbocycles. The van der Waals surface area contributed by atoms with Gasteiger partial charge >= 0.3 is 0 Å². The molecule has 0 fully saturated rings. The molecule has 4 aromatic carbocycles. The highest BCUT2D eigenvalue weighted by Crippen LogP contribution is 2.49. The van der Waals surface area contributed by atoms with Gasteiger partial charge in [0.2, 0.25) is 0 Å². The number of hydrogen-bond donors (Lipinski definition) is 0. The summed E-state index contributed by atoms with van der Waals surface area (Å²) in [5.41, 5.74) is 16.7. The highest BCUT2D eigenvalue weighted by atomic mass is 15.2. The van der Waals surface area contributed by atoms with Crippen LogP contribution < -0.4 is 4.90 Å². The first-order chi connectivity index (χ1) is 28.5. The normalized spacial score (nSPS) is 22.2. The molecule has 3 heterocycles. The summed E-state index contributed by atoms with van der Waals surface area (Å²) < 4.78 is 2.58. The molecule has 6 aromatic rings. The molecule has 0 amide bonds. The first kappa shape index (κ1) is 34.7. The molecule has 4 aliphatic carbocycles. The van der Waals surface area contributed by atoms with Gasteiger partial charge in [-0.25, -0.2) is 9.97 Å². The highest BCUT2D eigenvalue weighted by molar-refractivity contribution is 5.82. The maximum atomic E-state index is 5.52. The molecule has 4 nitrogen and oxygen atoms in total. The van der Waals surface area contributed by atoms with Crippen molar-refractivity contribution in [1.29, 1.82) is 0 Å². The van der Waals surface area contributed by atoms with Crippen molar-refractivity contribution in [1.82, 2.24) is 14.5 Å². The molecule has 0 bridgehead atoms. The fourth-order valence-electron chi connectivity index (χ4n) is 9.95. The Morgan fingerprint density at radius 2 is 1.43 bits per heavy atom. The lowest BCUT2D eigenvalue weighted by molar-refractivity contribution is 0.557. The molecule has 4 unspecified atom stereocenters. The quantitative estimate of drug-likeness (QED) is 0.170. The lowest BCUT2D eigenvalue weighted by Gasteiger charge is -2.30. The molecule has 2 aromatic heterocycles. The number of aromatic nitrogens is 3. The minimum atomic E-state index is -0.338. The average molecular weight is 751 g/mol. The summed E-state index contributed by atoms with van der Waals surface area (Å²) in [6, 6.07) is 38.0. The van der Waals surface area contributed by atoms with Gasteiger partial charge in [0.15, 0.2) is 0 Å². The fourth-order valence-corrected chi connectivity index (χ4v) is 9.95. The topological polar surface area (TPSA) is 34.0 Å². The number of anilines is 2. The van der Waals surface area contributed by atoms with Crippen LogP contribution in [-0.2, 0) is 11.8 Å². The molecule has 1 aliphatic heterocycles. The van der Waals surface area contributed by atoms with Crippen LogP contribution in [0, 0.1) is 0 Å². The molecule has 0 N–H and O–H groups in total. The zero-order valence-corrected chi connectivity index (χ0v) is 33.1. The van der Waals surface area contributed by atoms with Crippen LogP contribution >= 0.6 is 0 Å². The van der Waals surface area contributed by atoms with Gasteiger partial charge in [-0.1, -0.05) is 147 Å². The molecule has 282 valence electrons. The van der Waals surface area contributed by atoms with Crippen molar-refractivity contribution in [3.05, 3.63) is 198 Å². The second kappa shape index (κ2) is 13.8. The number of hydrogen-bond acceptors (Lipinski definition) is 3. The zero-order chi connectivity index (χ0) is 38.8. The first-order valence-electron chi connectivity index (χ1n) is 20.9. The summed E-state index contributed by atoms with van der Waals surface area (Å²) >= 11 is 0. The maximum Gasteiger partial charge on any atom is 0.139 e. The van der Waals surface area contributed by atoms with Crippen molar-refractivity contribution in [2.24, 2.45) is 0 Å². The largest absolute Gasteiger partial charge is 0.333 e. The van der Waals surface area contributed by atoms with E-state index in [0.717, 1.165) is 54.0 Å². The van der Waals surface area contributed by atoms with E-state index >= 15 is 0 Å². The second-order valence-corrected chi connectivity index (χ2v) is 16.7. The van der Waals surface area contributed by atoms with Crippen LogP contribution in [-0.4, -0.2) is 20.6 Å². The van der Waals surface area contributed by atoms with Gasteiger partial charge in [-0.3, -0.25) is 0 Å². The minimum absolute atomic E-state index is 0.178. The van der Waals surface area contributed by atoms with Crippen molar-refractivity contribution in [3.63, 3.8) is 0 Å². The lowest BCUT2D eigenvalue weighted by atomic mass is 9.82. The molecule has 0 spiro atoms. The molecule has 5 aliphatic rings. The van der Waals surface area contributed by atoms with Crippen LogP contribution in [0.5, 0.6) is 0 Å². The van der Waals surface area contributed by atoms with Crippen molar-refractivity contribution in [2.45, 2.75) is 62.8 Å². The molecular weight excluding hydrogens is 705 g/mol. The van der Waals surface area contributed by atoms with Gasteiger partial charge in [0.25, 0.3) is 0 Å². The fraction of sp³-hybridized carbons (Fsp3) is 0.185. The highest BCUT2D eigenvalue weighted by Gasteiger charge is 2.38. The van der Waals surface area contributed by atoms with E-state index in [9.17, 15) is 0 Å². The Labute approximate surface area is 341 Å². The van der Waals surface area contributed by atoms with Gasteiger partial charge in [0.1, 0.15) is 5.82 Å². The van der Waals surface area contributed by atoms with Gasteiger partial charge in [-0.15, -0.1) is 0 Å². The minimum Gasteiger partial charge on any atom is -0.333 e. The third-order valence-corrected chi connectivity index (χ3v) is 12.9. The third-order valence-electron chi connectivity index (χ3n) is 12.9. The molecule has 0 radical (unpaired) electrons. The summed E-state index contributed by atoms with van der Waals surface area (Å²) in [5, 5.41) is 0. The number of rotatable bonds is 6. The van der Waals surface area contributed by atoms with E-state index in [1.165, 1.54) is 56.3 Å². The maximum absolute atomic E-state index is 5.52. The standard InChI is InChI=1S/C54H46N4/c1-36-16-15-22-46-45-21-9-12-25-51(45)58(52(36)46)42-33-40(32-41(34-42)57-49-23-10-7-19-43(49)44-20-8-11-24-50(44)57)48-35-47(55-53(56-48)54(2)30-13-4-14-31-54)39-28-26-38(27-29-39)37-17-5-3-6-18-37/h3-8,10-15,17-20,22-30,32-36,43,49H,9,16,21,31H2,1-2H3. The number of benzene rings is 4. The Morgan fingerprint density at radius 1 is 0.672 bits per heavy atom. The molecule has 11 rings (SSSR count). The molecular formula is C54H46N4. The van der Waals surface area contributed by atoms with Crippen molar-refractivity contribution in [2.75, 3.05) is 4.90 Å². The first-order valence-corrected chi connectivity index (χ1v) is 20.9. The Balaban J connectivity index is 1.14. The van der Waals surface area contributed by atoms with Crippen LogP contribution in [0.25, 0.3) is 51.5 Å². The monoisotopic (exact) mass is 750 g/mol. The Morgan fingerprint density at radius 3 is 2.28 bits per heavy atom. The summed E-state index contributed by atoms with van der Waals surface area (Å²) in [6.07, 6.45) is 31.4. The van der Waals surface area contributed by atoms with Crippen molar-refractivity contribution >= 4 is 23.5 Å². The van der Waals surface area contributed by atoms with Gasteiger partial charge in [0, 0.05) is 56.8 Å². The number of nitrogens with zero attached hydrogens (tertiary/aromatic N) is 4. The van der Waals surface area contributed by atoms with E-state index in [1.54, 1.807) is 0 Å². The van der Waals surface area contributed by atoms with Crippen LogP contribution in [0.3, 0.4) is 0 Å². The predicted molar refractivity (Wildman–Crippen MR) is 241 cm³/mol. The van der Waals surface area contributed by atoms with Gasteiger partial charge in [0.05, 0.1) is 17.4 Å². The van der Waals surface area contributed by atoms with Crippen LogP contribution in [0.4, 0.5) is 11.4 Å². The lowest BCUT2D eigenvalue weighted by Crippen LogP contribution is -2.28. The SMILES string of the molecule is CC1CC=Cc2c3c(n(-c4cc(-c5cc(-c6ccc(-c7ccccc7)cc6)nc(C6(C)C=CC=CC6)n5)cc(N5c6ccccc6C6C=CC=CC65)c4)c21)C=CCC3. The zero-order valence-electron chi connectivity index (χ0n) is 33.1.